The number of hydrogen-bond donors (Lipinski definition) is 2. The molecule has 2 heterocycles. The number of carbonyl (C=O) groups excluding carboxylic acids is 1. The van der Waals surface area contributed by atoms with E-state index >= 15 is 0 Å². The van der Waals surface area contributed by atoms with Gasteiger partial charge in [0.1, 0.15) is 5.15 Å². The van der Waals surface area contributed by atoms with Crippen LogP contribution >= 0.6 is 11.6 Å². The van der Waals surface area contributed by atoms with Gasteiger partial charge >= 0.3 is 6.03 Å². The lowest BCUT2D eigenvalue weighted by Gasteiger charge is -2.12. The van der Waals surface area contributed by atoms with E-state index in [1.165, 1.54) is 0 Å². The highest BCUT2D eigenvalue weighted by Crippen LogP contribution is 2.18. The maximum Gasteiger partial charge on any atom is 0.319 e. The normalized spacial score (nSPS) is 20.6. The molecule has 110 valence electrons. The molecule has 2 rings (SSSR count). The zero-order chi connectivity index (χ0) is 14.8. The molecule has 0 radical (unpaired) electrons. The lowest BCUT2D eigenvalue weighted by Crippen LogP contribution is -2.33. The van der Waals surface area contributed by atoms with Crippen LogP contribution in [-0.2, 0) is 9.84 Å². The molecule has 1 aromatic heterocycles. The molecule has 0 unspecified atom stereocenters. The van der Waals surface area contributed by atoms with E-state index in [2.05, 4.69) is 15.6 Å². The van der Waals surface area contributed by atoms with Gasteiger partial charge < -0.3 is 10.6 Å². The van der Waals surface area contributed by atoms with E-state index in [4.69, 9.17) is 11.6 Å². The third kappa shape index (κ3) is 4.08. The standard InChI is InChI=1S/C12H16ClN3O3S/c1-8-10(2-3-11(13)15-8)16-12(17)14-6-9-4-5-20(18,19)7-9/h2-3,9H,4-7H2,1H3,(H2,14,16,17)/t9-/m0/s1. The van der Waals surface area contributed by atoms with Crippen LogP contribution < -0.4 is 10.6 Å². The lowest BCUT2D eigenvalue weighted by molar-refractivity contribution is 0.250. The maximum atomic E-state index is 11.7. The molecule has 8 heteroatoms. The Morgan fingerprint density at radius 2 is 2.25 bits per heavy atom. The summed E-state index contributed by atoms with van der Waals surface area (Å²) >= 11 is 5.73. The van der Waals surface area contributed by atoms with E-state index in [0.717, 1.165) is 0 Å². The SMILES string of the molecule is Cc1nc(Cl)ccc1NC(=O)NC[C@@H]1CCS(=O)(=O)C1. The highest BCUT2D eigenvalue weighted by Gasteiger charge is 2.27. The van der Waals surface area contributed by atoms with E-state index in [9.17, 15) is 13.2 Å². The number of hydrogen-bond acceptors (Lipinski definition) is 4. The lowest BCUT2D eigenvalue weighted by atomic mass is 10.1. The second kappa shape index (κ2) is 5.97. The largest absolute Gasteiger partial charge is 0.338 e. The average Bonchev–Trinajstić information content (AvgIpc) is 2.70. The van der Waals surface area contributed by atoms with Gasteiger partial charge in [-0.1, -0.05) is 11.6 Å². The number of aromatic nitrogens is 1. The highest BCUT2D eigenvalue weighted by atomic mass is 35.5. The van der Waals surface area contributed by atoms with Crippen LogP contribution in [0.25, 0.3) is 0 Å². The predicted octanol–water partition coefficient (Wildman–Crippen LogP) is 1.60. The van der Waals surface area contributed by atoms with Gasteiger partial charge in [0.05, 0.1) is 22.9 Å². The number of nitrogens with zero attached hydrogens (tertiary/aromatic N) is 1. The van der Waals surface area contributed by atoms with Crippen molar-refractivity contribution in [3.05, 3.63) is 23.0 Å². The Hall–Kier alpha value is -1.34. The first-order valence-electron chi connectivity index (χ1n) is 6.24. The van der Waals surface area contributed by atoms with Gasteiger partial charge in [-0.2, -0.15) is 0 Å². The summed E-state index contributed by atoms with van der Waals surface area (Å²) in [7, 11) is -2.91. The fourth-order valence-electron chi connectivity index (χ4n) is 2.10. The molecule has 0 bridgehead atoms. The van der Waals surface area contributed by atoms with Gasteiger partial charge in [0, 0.05) is 6.54 Å². The molecule has 1 fully saturated rings. The monoisotopic (exact) mass is 317 g/mol. The van der Waals surface area contributed by atoms with Crippen LogP contribution in [0.2, 0.25) is 5.15 Å². The molecule has 1 aromatic rings. The molecule has 0 aromatic carbocycles. The van der Waals surface area contributed by atoms with E-state index in [0.29, 0.717) is 29.5 Å². The average molecular weight is 318 g/mol. The van der Waals surface area contributed by atoms with Crippen molar-refractivity contribution in [2.45, 2.75) is 13.3 Å². The summed E-state index contributed by atoms with van der Waals surface area (Å²) in [4.78, 5) is 15.8. The van der Waals surface area contributed by atoms with Crippen molar-refractivity contribution < 1.29 is 13.2 Å². The van der Waals surface area contributed by atoms with E-state index in [1.807, 2.05) is 0 Å². The van der Waals surface area contributed by atoms with E-state index in [1.54, 1.807) is 19.1 Å². The Morgan fingerprint density at radius 1 is 1.50 bits per heavy atom. The molecule has 20 heavy (non-hydrogen) atoms. The van der Waals surface area contributed by atoms with E-state index < -0.39 is 9.84 Å². The van der Waals surface area contributed by atoms with Crippen LogP contribution in [-0.4, -0.2) is 37.5 Å². The van der Waals surface area contributed by atoms with Gasteiger partial charge in [0.25, 0.3) is 0 Å². The fraction of sp³-hybridized carbons (Fsp3) is 0.500. The summed E-state index contributed by atoms with van der Waals surface area (Å²) in [6.45, 7) is 2.09. The van der Waals surface area contributed by atoms with Crippen molar-refractivity contribution in [3.8, 4) is 0 Å². The molecule has 1 aliphatic heterocycles. The Labute approximate surface area is 122 Å². The number of carbonyl (C=O) groups is 1. The molecular weight excluding hydrogens is 302 g/mol. The molecule has 2 N–H and O–H groups in total. The summed E-state index contributed by atoms with van der Waals surface area (Å²) < 4.78 is 22.6. The first-order valence-corrected chi connectivity index (χ1v) is 8.44. The molecule has 1 saturated heterocycles. The summed E-state index contributed by atoms with van der Waals surface area (Å²) in [6, 6.07) is 2.89. The van der Waals surface area contributed by atoms with Gasteiger partial charge in [-0.3, -0.25) is 0 Å². The number of aryl methyl sites for hydroxylation is 1. The number of amides is 2. The number of nitrogens with one attached hydrogen (secondary N) is 2. The van der Waals surface area contributed by atoms with Crippen molar-refractivity contribution in [2.24, 2.45) is 5.92 Å². The summed E-state index contributed by atoms with van der Waals surface area (Å²) in [5.41, 5.74) is 1.20. The molecule has 1 aliphatic rings. The molecule has 1 atom stereocenters. The van der Waals surface area contributed by atoms with Gasteiger partial charge in [-0.25, -0.2) is 18.2 Å². The summed E-state index contributed by atoms with van der Waals surface area (Å²) in [5, 5.41) is 5.70. The quantitative estimate of drug-likeness (QED) is 0.829. The maximum absolute atomic E-state index is 11.7. The third-order valence-corrected chi connectivity index (χ3v) is 5.23. The number of urea groups is 1. The van der Waals surface area contributed by atoms with Crippen LogP contribution in [0.5, 0.6) is 0 Å². The molecule has 6 nitrogen and oxygen atoms in total. The number of rotatable bonds is 3. The van der Waals surface area contributed by atoms with Crippen molar-refractivity contribution in [2.75, 3.05) is 23.4 Å². The molecule has 0 aliphatic carbocycles. The number of sulfone groups is 1. The van der Waals surface area contributed by atoms with Crippen molar-refractivity contribution in [1.82, 2.24) is 10.3 Å². The van der Waals surface area contributed by atoms with Crippen LogP contribution in [0.4, 0.5) is 10.5 Å². The third-order valence-electron chi connectivity index (χ3n) is 3.18. The van der Waals surface area contributed by atoms with Crippen LogP contribution in [0, 0.1) is 12.8 Å². The predicted molar refractivity (Wildman–Crippen MR) is 77.8 cm³/mol. The van der Waals surface area contributed by atoms with Gasteiger partial charge in [0.15, 0.2) is 9.84 Å². The van der Waals surface area contributed by atoms with Crippen LogP contribution in [0.3, 0.4) is 0 Å². The summed E-state index contributed by atoms with van der Waals surface area (Å²) in [5.74, 6) is 0.353. The minimum absolute atomic E-state index is 0.00445. The summed E-state index contributed by atoms with van der Waals surface area (Å²) in [6.07, 6.45) is 0.601. The molecular formula is C12H16ClN3O3S. The smallest absolute Gasteiger partial charge is 0.319 e. The minimum Gasteiger partial charge on any atom is -0.338 e. The molecule has 0 spiro atoms. The molecule has 2 amide bonds. The van der Waals surface area contributed by atoms with Crippen LogP contribution in [0.1, 0.15) is 12.1 Å². The van der Waals surface area contributed by atoms with Gasteiger partial charge in [0.2, 0.25) is 0 Å². The molecule has 0 saturated carbocycles. The zero-order valence-electron chi connectivity index (χ0n) is 11.0. The van der Waals surface area contributed by atoms with Gasteiger partial charge in [-0.15, -0.1) is 0 Å². The second-order valence-corrected chi connectivity index (χ2v) is 7.49. The van der Waals surface area contributed by atoms with Crippen molar-refractivity contribution in [3.63, 3.8) is 0 Å². The number of halogens is 1. The minimum atomic E-state index is -2.91. The Morgan fingerprint density at radius 3 is 2.85 bits per heavy atom. The second-order valence-electron chi connectivity index (χ2n) is 4.87. The van der Waals surface area contributed by atoms with Crippen molar-refractivity contribution >= 4 is 33.2 Å². The topological polar surface area (TPSA) is 88.2 Å². The Bertz CT molecular complexity index is 618. The van der Waals surface area contributed by atoms with Gasteiger partial charge in [-0.05, 0) is 31.4 Å². The number of anilines is 1. The zero-order valence-corrected chi connectivity index (χ0v) is 12.6. The first-order chi connectivity index (χ1) is 9.35. The Kier molecular flexibility index (Phi) is 4.49. The van der Waals surface area contributed by atoms with Crippen LogP contribution in [0.15, 0.2) is 12.1 Å². The number of pyridine rings is 1. The Balaban J connectivity index is 1.84. The first kappa shape index (κ1) is 15.1. The fourth-order valence-corrected chi connectivity index (χ4v) is 4.15. The highest BCUT2D eigenvalue weighted by molar-refractivity contribution is 7.91. The van der Waals surface area contributed by atoms with Crippen molar-refractivity contribution in [1.29, 1.82) is 0 Å². The van der Waals surface area contributed by atoms with E-state index in [-0.39, 0.29) is 23.5 Å².